The number of anilines is 1. The summed E-state index contributed by atoms with van der Waals surface area (Å²) in [6.07, 6.45) is 0.685. The number of rotatable bonds is 5. The maximum atomic E-state index is 12.0. The summed E-state index contributed by atoms with van der Waals surface area (Å²) in [6.45, 7) is 1.72. The molecule has 2 aromatic rings. The topological polar surface area (TPSA) is 55.4 Å². The molecular weight excluding hydrogens is 414 g/mol. The number of hydrogen-bond acceptors (Lipinski definition) is 3. The molecule has 0 fully saturated rings. The zero-order chi connectivity index (χ0) is 16.1. The highest BCUT2D eigenvalue weighted by Crippen LogP contribution is 2.32. The molecule has 0 saturated carbocycles. The Morgan fingerprint density at radius 2 is 2.00 bits per heavy atom. The fraction of sp³-hybridized carbons (Fsp3) is 0.125. The van der Waals surface area contributed by atoms with Crippen LogP contribution >= 0.6 is 31.9 Å². The largest absolute Gasteiger partial charge is 0.482 e. The molecule has 1 N–H and O–H groups in total. The SMILES string of the molecule is Cc1ccccc1NC(=O)COc1c(Br)cc(Br)cc1C=O. The number of halogens is 2. The van der Waals surface area contributed by atoms with Crippen molar-refractivity contribution in [1.82, 2.24) is 0 Å². The molecular formula is C16H13Br2NO3. The van der Waals surface area contributed by atoms with Crippen LogP contribution in [0, 0.1) is 6.92 Å². The van der Waals surface area contributed by atoms with Crippen LogP contribution in [0.5, 0.6) is 5.75 Å². The van der Waals surface area contributed by atoms with Crippen molar-refractivity contribution >= 4 is 49.7 Å². The summed E-state index contributed by atoms with van der Waals surface area (Å²) in [5.41, 5.74) is 2.07. The molecule has 0 radical (unpaired) electrons. The smallest absolute Gasteiger partial charge is 0.262 e. The van der Waals surface area contributed by atoms with E-state index in [0.29, 0.717) is 22.1 Å². The van der Waals surface area contributed by atoms with Gasteiger partial charge in [0.15, 0.2) is 12.9 Å². The maximum absolute atomic E-state index is 12.0. The zero-order valence-corrected chi connectivity index (χ0v) is 14.9. The summed E-state index contributed by atoms with van der Waals surface area (Å²) in [5.74, 6) is 0.0547. The van der Waals surface area contributed by atoms with Crippen molar-refractivity contribution in [2.75, 3.05) is 11.9 Å². The number of aryl methyl sites for hydroxylation is 1. The van der Waals surface area contributed by atoms with E-state index in [1.165, 1.54) is 0 Å². The number of carbonyl (C=O) groups is 2. The molecule has 1 amide bonds. The summed E-state index contributed by atoms with van der Waals surface area (Å²) in [4.78, 5) is 23.1. The lowest BCUT2D eigenvalue weighted by molar-refractivity contribution is -0.118. The highest BCUT2D eigenvalue weighted by atomic mass is 79.9. The van der Waals surface area contributed by atoms with Crippen LogP contribution in [-0.4, -0.2) is 18.8 Å². The molecule has 0 aliphatic heterocycles. The number of ether oxygens (including phenoxy) is 1. The van der Waals surface area contributed by atoms with E-state index in [1.807, 2.05) is 31.2 Å². The van der Waals surface area contributed by atoms with Gasteiger partial charge in [-0.05, 0) is 46.6 Å². The third-order valence-electron chi connectivity index (χ3n) is 2.93. The highest BCUT2D eigenvalue weighted by molar-refractivity contribution is 9.11. The Morgan fingerprint density at radius 1 is 1.27 bits per heavy atom. The van der Waals surface area contributed by atoms with E-state index in [2.05, 4.69) is 37.2 Å². The van der Waals surface area contributed by atoms with Gasteiger partial charge in [-0.1, -0.05) is 34.1 Å². The van der Waals surface area contributed by atoms with Crippen molar-refractivity contribution in [1.29, 1.82) is 0 Å². The van der Waals surface area contributed by atoms with E-state index < -0.39 is 0 Å². The van der Waals surface area contributed by atoms with Gasteiger partial charge in [0, 0.05) is 10.2 Å². The van der Waals surface area contributed by atoms with E-state index in [1.54, 1.807) is 12.1 Å². The van der Waals surface area contributed by atoms with Gasteiger partial charge in [0.25, 0.3) is 5.91 Å². The first kappa shape index (κ1) is 16.7. The number of benzene rings is 2. The van der Waals surface area contributed by atoms with Gasteiger partial charge in [-0.3, -0.25) is 9.59 Å². The first-order valence-electron chi connectivity index (χ1n) is 6.43. The minimum atomic E-state index is -0.291. The van der Waals surface area contributed by atoms with Crippen LogP contribution in [0.15, 0.2) is 45.3 Å². The van der Waals surface area contributed by atoms with Gasteiger partial charge in [-0.25, -0.2) is 0 Å². The van der Waals surface area contributed by atoms with Gasteiger partial charge in [0.05, 0.1) is 10.0 Å². The molecule has 0 aromatic heterocycles. The number of hydrogen-bond donors (Lipinski definition) is 1. The second-order valence-electron chi connectivity index (χ2n) is 4.58. The quantitative estimate of drug-likeness (QED) is 0.723. The average Bonchev–Trinajstić information content (AvgIpc) is 2.48. The maximum Gasteiger partial charge on any atom is 0.262 e. The fourth-order valence-corrected chi connectivity index (χ4v) is 3.23. The van der Waals surface area contributed by atoms with Crippen molar-refractivity contribution in [2.24, 2.45) is 0 Å². The Hall–Kier alpha value is -1.66. The molecule has 22 heavy (non-hydrogen) atoms. The Bertz CT molecular complexity index is 717. The molecule has 0 unspecified atom stereocenters. The van der Waals surface area contributed by atoms with Crippen LogP contribution < -0.4 is 10.1 Å². The Kier molecular flexibility index (Phi) is 5.74. The number of amides is 1. The number of nitrogens with one attached hydrogen (secondary N) is 1. The van der Waals surface area contributed by atoms with Gasteiger partial charge >= 0.3 is 0 Å². The lowest BCUT2D eigenvalue weighted by atomic mass is 10.2. The van der Waals surface area contributed by atoms with Crippen LogP contribution in [0.4, 0.5) is 5.69 Å². The molecule has 2 aromatic carbocycles. The first-order valence-corrected chi connectivity index (χ1v) is 8.02. The summed E-state index contributed by atoms with van der Waals surface area (Å²) in [5, 5.41) is 2.77. The Labute approximate surface area is 145 Å². The Morgan fingerprint density at radius 3 is 2.68 bits per heavy atom. The monoisotopic (exact) mass is 425 g/mol. The van der Waals surface area contributed by atoms with E-state index >= 15 is 0 Å². The van der Waals surface area contributed by atoms with Crippen molar-refractivity contribution in [2.45, 2.75) is 6.92 Å². The molecule has 0 heterocycles. The van der Waals surface area contributed by atoms with Crippen molar-refractivity contribution < 1.29 is 14.3 Å². The predicted octanol–water partition coefficient (Wildman–Crippen LogP) is 4.35. The lowest BCUT2D eigenvalue weighted by Crippen LogP contribution is -2.21. The summed E-state index contributed by atoms with van der Waals surface area (Å²) >= 11 is 6.62. The fourth-order valence-electron chi connectivity index (χ4n) is 1.86. The lowest BCUT2D eigenvalue weighted by Gasteiger charge is -2.12. The predicted molar refractivity (Wildman–Crippen MR) is 92.5 cm³/mol. The first-order chi connectivity index (χ1) is 10.5. The van der Waals surface area contributed by atoms with Crippen LogP contribution in [0.2, 0.25) is 0 Å². The number of aldehydes is 1. The number of para-hydroxylation sites is 1. The molecule has 4 nitrogen and oxygen atoms in total. The molecule has 114 valence electrons. The minimum Gasteiger partial charge on any atom is -0.482 e. The van der Waals surface area contributed by atoms with Crippen LogP contribution in [0.3, 0.4) is 0 Å². The minimum absolute atomic E-state index is 0.185. The molecule has 6 heteroatoms. The number of carbonyl (C=O) groups excluding carboxylic acids is 2. The summed E-state index contributed by atoms with van der Waals surface area (Å²) < 4.78 is 6.83. The summed E-state index contributed by atoms with van der Waals surface area (Å²) in [6, 6.07) is 10.9. The molecule has 0 atom stereocenters. The molecule has 0 aliphatic rings. The Balaban J connectivity index is 2.06. The van der Waals surface area contributed by atoms with Crippen LogP contribution in [-0.2, 0) is 4.79 Å². The van der Waals surface area contributed by atoms with E-state index in [-0.39, 0.29) is 12.5 Å². The molecule has 0 saturated heterocycles. The second-order valence-corrected chi connectivity index (χ2v) is 6.35. The third-order valence-corrected chi connectivity index (χ3v) is 3.98. The van der Waals surface area contributed by atoms with E-state index in [0.717, 1.165) is 15.7 Å². The van der Waals surface area contributed by atoms with Crippen molar-refractivity contribution in [3.63, 3.8) is 0 Å². The van der Waals surface area contributed by atoms with E-state index in [9.17, 15) is 9.59 Å². The summed E-state index contributed by atoms with van der Waals surface area (Å²) in [7, 11) is 0. The van der Waals surface area contributed by atoms with Gasteiger partial charge in [-0.15, -0.1) is 0 Å². The van der Waals surface area contributed by atoms with Gasteiger partial charge in [0.2, 0.25) is 0 Å². The zero-order valence-electron chi connectivity index (χ0n) is 11.7. The van der Waals surface area contributed by atoms with Crippen LogP contribution in [0.1, 0.15) is 15.9 Å². The molecule has 2 rings (SSSR count). The highest BCUT2D eigenvalue weighted by Gasteiger charge is 2.12. The molecule has 0 spiro atoms. The standard InChI is InChI=1S/C16H13Br2NO3/c1-10-4-2-3-5-14(10)19-15(21)9-22-16-11(8-20)6-12(17)7-13(16)18/h2-8H,9H2,1H3,(H,19,21). The molecule has 0 bridgehead atoms. The third kappa shape index (κ3) is 4.18. The average molecular weight is 427 g/mol. The van der Waals surface area contributed by atoms with Crippen molar-refractivity contribution in [3.05, 3.63) is 56.5 Å². The van der Waals surface area contributed by atoms with Gasteiger partial charge < -0.3 is 10.1 Å². The van der Waals surface area contributed by atoms with Crippen LogP contribution in [0.25, 0.3) is 0 Å². The van der Waals surface area contributed by atoms with Crippen molar-refractivity contribution in [3.8, 4) is 5.75 Å². The van der Waals surface area contributed by atoms with E-state index in [4.69, 9.17) is 4.74 Å². The van der Waals surface area contributed by atoms with Gasteiger partial charge in [0.1, 0.15) is 5.75 Å². The van der Waals surface area contributed by atoms with Gasteiger partial charge in [-0.2, -0.15) is 0 Å². The normalized spacial score (nSPS) is 10.1. The second kappa shape index (κ2) is 7.56. The molecule has 0 aliphatic carbocycles.